The Morgan fingerprint density at radius 3 is 3.00 bits per heavy atom. The van der Waals surface area contributed by atoms with Crippen molar-refractivity contribution in [3.63, 3.8) is 0 Å². The third-order valence-electron chi connectivity index (χ3n) is 2.62. The van der Waals surface area contributed by atoms with Crippen molar-refractivity contribution in [3.05, 3.63) is 48.4 Å². The number of amides is 1. The second-order valence-electron chi connectivity index (χ2n) is 4.23. The maximum atomic E-state index is 11.8. The topological polar surface area (TPSA) is 88.3 Å². The Balaban J connectivity index is 1.88. The van der Waals surface area contributed by atoms with E-state index in [-0.39, 0.29) is 17.6 Å². The van der Waals surface area contributed by atoms with Gasteiger partial charge in [-0.3, -0.25) is 9.78 Å². The summed E-state index contributed by atoms with van der Waals surface area (Å²) in [6.45, 7) is 1.81. The van der Waals surface area contributed by atoms with E-state index in [0.717, 1.165) is 0 Å². The number of rotatable bonds is 5. The summed E-state index contributed by atoms with van der Waals surface area (Å²) in [5, 5.41) is 12.6. The smallest absolute Gasteiger partial charge is 0.271 e. The lowest BCUT2D eigenvalue weighted by atomic mass is 10.1. The van der Waals surface area contributed by atoms with E-state index in [4.69, 9.17) is 4.42 Å². The molecule has 2 aromatic rings. The van der Waals surface area contributed by atoms with Crippen LogP contribution in [0.1, 0.15) is 35.7 Å². The fourth-order valence-electron chi connectivity index (χ4n) is 1.70. The van der Waals surface area contributed by atoms with Gasteiger partial charge in [0.15, 0.2) is 0 Å². The molecule has 2 unspecified atom stereocenters. The summed E-state index contributed by atoms with van der Waals surface area (Å²) in [4.78, 5) is 19.5. The fraction of sp³-hybridized carbons (Fsp3) is 0.308. The molecule has 0 aromatic carbocycles. The average molecular weight is 261 g/mol. The summed E-state index contributed by atoms with van der Waals surface area (Å²) in [5.74, 6) is 0.174. The number of carbonyl (C=O) groups is 1. The van der Waals surface area contributed by atoms with E-state index in [1.54, 1.807) is 19.1 Å². The molecule has 0 aliphatic heterocycles. The highest BCUT2D eigenvalue weighted by Gasteiger charge is 2.17. The van der Waals surface area contributed by atoms with Crippen LogP contribution in [0.15, 0.2) is 41.4 Å². The molecule has 19 heavy (non-hydrogen) atoms. The maximum absolute atomic E-state index is 11.8. The van der Waals surface area contributed by atoms with Crippen LogP contribution in [-0.2, 0) is 0 Å². The van der Waals surface area contributed by atoms with Crippen molar-refractivity contribution in [2.45, 2.75) is 25.5 Å². The Morgan fingerprint density at radius 2 is 2.37 bits per heavy atom. The molecule has 0 aliphatic rings. The summed E-state index contributed by atoms with van der Waals surface area (Å²) in [6, 6.07) is 3.19. The second-order valence-corrected chi connectivity index (χ2v) is 4.23. The molecule has 0 bridgehead atoms. The molecule has 2 heterocycles. The van der Waals surface area contributed by atoms with Gasteiger partial charge in [-0.25, -0.2) is 4.98 Å². The Bertz CT molecular complexity index is 513. The van der Waals surface area contributed by atoms with Crippen LogP contribution in [0.5, 0.6) is 0 Å². The van der Waals surface area contributed by atoms with Gasteiger partial charge in [-0.2, -0.15) is 0 Å². The van der Waals surface area contributed by atoms with Crippen molar-refractivity contribution in [2.75, 3.05) is 0 Å². The summed E-state index contributed by atoms with van der Waals surface area (Å²) >= 11 is 0. The summed E-state index contributed by atoms with van der Waals surface area (Å²) < 4.78 is 5.10. The van der Waals surface area contributed by atoms with Crippen LogP contribution in [0, 0.1) is 0 Å². The minimum atomic E-state index is -0.743. The van der Waals surface area contributed by atoms with Crippen LogP contribution in [-0.4, -0.2) is 27.0 Å². The van der Waals surface area contributed by atoms with Crippen LogP contribution in [0.4, 0.5) is 0 Å². The molecule has 2 aromatic heterocycles. The highest BCUT2D eigenvalue weighted by Crippen LogP contribution is 2.18. The SMILES string of the molecule is CC(CC(O)c1ccco1)NC(=O)c1cnccn1. The summed E-state index contributed by atoms with van der Waals surface area (Å²) in [6.07, 6.45) is 5.47. The van der Waals surface area contributed by atoms with Gasteiger partial charge in [0, 0.05) is 24.9 Å². The quantitative estimate of drug-likeness (QED) is 0.847. The van der Waals surface area contributed by atoms with E-state index in [9.17, 15) is 9.90 Å². The van der Waals surface area contributed by atoms with E-state index in [0.29, 0.717) is 12.2 Å². The van der Waals surface area contributed by atoms with Gasteiger partial charge in [0.25, 0.3) is 5.91 Å². The van der Waals surface area contributed by atoms with Crippen LogP contribution in [0.3, 0.4) is 0 Å². The van der Waals surface area contributed by atoms with Gasteiger partial charge in [0.05, 0.1) is 12.5 Å². The van der Waals surface area contributed by atoms with Crippen molar-refractivity contribution < 1.29 is 14.3 Å². The van der Waals surface area contributed by atoms with E-state index in [1.807, 2.05) is 0 Å². The number of carbonyl (C=O) groups excluding carboxylic acids is 1. The molecule has 0 radical (unpaired) electrons. The summed E-state index contributed by atoms with van der Waals surface area (Å²) in [7, 11) is 0. The highest BCUT2D eigenvalue weighted by atomic mass is 16.4. The number of nitrogens with zero attached hydrogens (tertiary/aromatic N) is 2. The molecule has 6 heteroatoms. The zero-order valence-electron chi connectivity index (χ0n) is 10.5. The van der Waals surface area contributed by atoms with Gasteiger partial charge in [-0.15, -0.1) is 0 Å². The van der Waals surface area contributed by atoms with Gasteiger partial charge in [0.1, 0.15) is 17.6 Å². The molecule has 1 amide bonds. The molecule has 0 aliphatic carbocycles. The van der Waals surface area contributed by atoms with Gasteiger partial charge >= 0.3 is 0 Å². The van der Waals surface area contributed by atoms with Gasteiger partial charge in [-0.05, 0) is 19.1 Å². The standard InChI is InChI=1S/C13H15N3O3/c1-9(7-11(17)12-3-2-6-19-12)16-13(18)10-8-14-4-5-15-10/h2-6,8-9,11,17H,7H2,1H3,(H,16,18). The van der Waals surface area contributed by atoms with Crippen LogP contribution in [0.25, 0.3) is 0 Å². The molecular weight excluding hydrogens is 246 g/mol. The number of aliphatic hydroxyl groups is 1. The molecule has 0 saturated carbocycles. The first kappa shape index (κ1) is 13.2. The third kappa shape index (κ3) is 3.62. The van der Waals surface area contributed by atoms with Gasteiger partial charge in [-0.1, -0.05) is 0 Å². The average Bonchev–Trinajstić information content (AvgIpc) is 2.93. The first-order valence-electron chi connectivity index (χ1n) is 5.95. The molecule has 0 spiro atoms. The normalized spacial score (nSPS) is 13.8. The van der Waals surface area contributed by atoms with E-state index >= 15 is 0 Å². The van der Waals surface area contributed by atoms with Crippen molar-refractivity contribution in [2.24, 2.45) is 0 Å². The number of furan rings is 1. The Morgan fingerprint density at radius 1 is 1.53 bits per heavy atom. The number of aromatic nitrogens is 2. The van der Waals surface area contributed by atoms with E-state index in [2.05, 4.69) is 15.3 Å². The second kappa shape index (κ2) is 6.10. The first-order valence-corrected chi connectivity index (χ1v) is 5.95. The maximum Gasteiger partial charge on any atom is 0.271 e. The number of aliphatic hydroxyl groups excluding tert-OH is 1. The number of hydrogen-bond donors (Lipinski definition) is 2. The van der Waals surface area contributed by atoms with Gasteiger partial charge < -0.3 is 14.8 Å². The Hall–Kier alpha value is -2.21. The molecule has 2 N–H and O–H groups in total. The molecule has 6 nitrogen and oxygen atoms in total. The zero-order chi connectivity index (χ0) is 13.7. The Labute approximate surface area is 110 Å². The zero-order valence-corrected chi connectivity index (χ0v) is 10.5. The van der Waals surface area contributed by atoms with Crippen LogP contribution in [0.2, 0.25) is 0 Å². The lowest BCUT2D eigenvalue weighted by molar-refractivity contribution is 0.0898. The number of hydrogen-bond acceptors (Lipinski definition) is 5. The fourth-order valence-corrected chi connectivity index (χ4v) is 1.70. The van der Waals surface area contributed by atoms with Crippen molar-refractivity contribution in [3.8, 4) is 0 Å². The predicted molar refractivity (Wildman–Crippen MR) is 67.2 cm³/mol. The summed E-state index contributed by atoms with van der Waals surface area (Å²) in [5.41, 5.74) is 0.252. The molecular formula is C13H15N3O3. The third-order valence-corrected chi connectivity index (χ3v) is 2.62. The first-order chi connectivity index (χ1) is 9.16. The van der Waals surface area contributed by atoms with E-state index in [1.165, 1.54) is 24.9 Å². The Kier molecular flexibility index (Phi) is 4.25. The van der Waals surface area contributed by atoms with Crippen molar-refractivity contribution >= 4 is 5.91 Å². The van der Waals surface area contributed by atoms with Crippen molar-refractivity contribution in [1.29, 1.82) is 0 Å². The van der Waals surface area contributed by atoms with Crippen LogP contribution >= 0.6 is 0 Å². The molecule has 2 atom stereocenters. The van der Waals surface area contributed by atoms with Gasteiger partial charge in [0.2, 0.25) is 0 Å². The molecule has 100 valence electrons. The molecule has 0 saturated heterocycles. The van der Waals surface area contributed by atoms with Crippen molar-refractivity contribution in [1.82, 2.24) is 15.3 Å². The highest BCUT2D eigenvalue weighted by molar-refractivity contribution is 5.92. The molecule has 2 rings (SSSR count). The number of nitrogens with one attached hydrogen (secondary N) is 1. The van der Waals surface area contributed by atoms with E-state index < -0.39 is 6.10 Å². The van der Waals surface area contributed by atoms with Crippen LogP contribution < -0.4 is 5.32 Å². The monoisotopic (exact) mass is 261 g/mol. The predicted octanol–water partition coefficient (Wildman–Crippen LogP) is 1.31. The minimum Gasteiger partial charge on any atom is -0.467 e. The lowest BCUT2D eigenvalue weighted by Gasteiger charge is -2.16. The largest absolute Gasteiger partial charge is 0.467 e. The lowest BCUT2D eigenvalue weighted by Crippen LogP contribution is -2.34. The minimum absolute atomic E-state index is 0.213. The molecule has 0 fully saturated rings.